The third-order valence-electron chi connectivity index (χ3n) is 4.16. The van der Waals surface area contributed by atoms with Crippen LogP contribution in [0.5, 0.6) is 5.75 Å². The summed E-state index contributed by atoms with van der Waals surface area (Å²) in [4.78, 5) is 1.28. The average molecular weight is 278 g/mol. The number of piperidine rings is 1. The highest BCUT2D eigenvalue weighted by Gasteiger charge is 2.33. The Bertz CT molecular complexity index is 420. The summed E-state index contributed by atoms with van der Waals surface area (Å²) >= 11 is 1.92. The SMILES string of the molecule is CNC(C1CCNCC1)C1CSc2ccccc2O1. The van der Waals surface area contributed by atoms with Crippen molar-refractivity contribution in [3.8, 4) is 5.75 Å². The maximum absolute atomic E-state index is 6.23. The monoisotopic (exact) mass is 278 g/mol. The van der Waals surface area contributed by atoms with E-state index in [1.165, 1.54) is 17.7 Å². The van der Waals surface area contributed by atoms with Gasteiger partial charge in [-0.1, -0.05) is 12.1 Å². The van der Waals surface area contributed by atoms with Crippen LogP contribution in [0.4, 0.5) is 0 Å². The maximum atomic E-state index is 6.23. The number of benzene rings is 1. The number of hydrogen-bond donors (Lipinski definition) is 2. The molecule has 2 atom stereocenters. The Hall–Kier alpha value is -0.710. The van der Waals surface area contributed by atoms with Gasteiger partial charge in [0.15, 0.2) is 0 Å². The van der Waals surface area contributed by atoms with Gasteiger partial charge in [0, 0.05) is 16.7 Å². The summed E-state index contributed by atoms with van der Waals surface area (Å²) in [6, 6.07) is 8.83. The zero-order valence-electron chi connectivity index (χ0n) is 11.4. The predicted molar refractivity (Wildman–Crippen MR) is 80.0 cm³/mol. The van der Waals surface area contributed by atoms with Gasteiger partial charge in [0.05, 0.1) is 0 Å². The van der Waals surface area contributed by atoms with Gasteiger partial charge in [0.2, 0.25) is 0 Å². The molecule has 0 aliphatic carbocycles. The van der Waals surface area contributed by atoms with Crippen LogP contribution in [-0.2, 0) is 0 Å². The second-order valence-electron chi connectivity index (χ2n) is 5.32. The van der Waals surface area contributed by atoms with E-state index in [1.54, 1.807) is 0 Å². The van der Waals surface area contributed by atoms with Crippen LogP contribution in [0.2, 0.25) is 0 Å². The van der Waals surface area contributed by atoms with Crippen LogP contribution < -0.4 is 15.4 Å². The molecular formula is C15H22N2OS. The largest absolute Gasteiger partial charge is 0.487 e. The van der Waals surface area contributed by atoms with Crippen LogP contribution in [0.3, 0.4) is 0 Å². The van der Waals surface area contributed by atoms with E-state index in [0.29, 0.717) is 6.04 Å². The van der Waals surface area contributed by atoms with Crippen LogP contribution in [0.15, 0.2) is 29.2 Å². The van der Waals surface area contributed by atoms with E-state index < -0.39 is 0 Å². The molecule has 3 rings (SSSR count). The zero-order chi connectivity index (χ0) is 13.1. The van der Waals surface area contributed by atoms with Crippen molar-refractivity contribution in [3.05, 3.63) is 24.3 Å². The van der Waals surface area contributed by atoms with Crippen molar-refractivity contribution in [1.82, 2.24) is 10.6 Å². The average Bonchev–Trinajstić information content (AvgIpc) is 2.49. The first kappa shape index (κ1) is 13.3. The molecule has 4 heteroatoms. The molecule has 3 nitrogen and oxygen atoms in total. The number of para-hydroxylation sites is 1. The summed E-state index contributed by atoms with van der Waals surface area (Å²) in [6.45, 7) is 2.28. The minimum atomic E-state index is 0.285. The van der Waals surface area contributed by atoms with E-state index in [2.05, 4.69) is 41.9 Å². The minimum absolute atomic E-state index is 0.285. The zero-order valence-corrected chi connectivity index (χ0v) is 12.2. The second kappa shape index (κ2) is 6.16. The lowest BCUT2D eigenvalue weighted by Gasteiger charge is -2.38. The summed E-state index contributed by atoms with van der Waals surface area (Å²) in [5.74, 6) is 2.83. The fraction of sp³-hybridized carbons (Fsp3) is 0.600. The molecule has 1 saturated heterocycles. The standard InChI is InChI=1S/C15H22N2OS/c1-16-15(11-6-8-17-9-7-11)13-10-19-14-5-3-2-4-12(14)18-13/h2-5,11,13,15-17H,6-10H2,1H3. The molecule has 2 aliphatic rings. The van der Waals surface area contributed by atoms with Gasteiger partial charge in [-0.2, -0.15) is 0 Å². The lowest BCUT2D eigenvalue weighted by molar-refractivity contribution is 0.122. The molecule has 1 aromatic rings. The molecule has 0 saturated carbocycles. The smallest absolute Gasteiger partial charge is 0.133 e. The van der Waals surface area contributed by atoms with E-state index in [4.69, 9.17) is 4.74 Å². The molecule has 2 unspecified atom stereocenters. The van der Waals surface area contributed by atoms with Gasteiger partial charge in [0.1, 0.15) is 11.9 Å². The lowest BCUT2D eigenvalue weighted by Crippen LogP contribution is -2.51. The molecule has 0 radical (unpaired) electrons. The normalized spacial score (nSPS) is 25.4. The number of fused-ring (bicyclic) bond motifs is 1. The Kier molecular flexibility index (Phi) is 4.31. The van der Waals surface area contributed by atoms with E-state index in [-0.39, 0.29) is 6.10 Å². The number of rotatable bonds is 3. The molecule has 0 amide bonds. The molecule has 0 aromatic heterocycles. The molecule has 0 spiro atoms. The molecule has 2 heterocycles. The highest BCUT2D eigenvalue weighted by atomic mass is 32.2. The number of hydrogen-bond acceptors (Lipinski definition) is 4. The number of nitrogens with one attached hydrogen (secondary N) is 2. The van der Waals surface area contributed by atoms with E-state index in [0.717, 1.165) is 30.5 Å². The third-order valence-corrected chi connectivity index (χ3v) is 5.30. The molecule has 2 N–H and O–H groups in total. The van der Waals surface area contributed by atoms with Gasteiger partial charge >= 0.3 is 0 Å². The quantitative estimate of drug-likeness (QED) is 0.887. The summed E-state index contributed by atoms with van der Waals surface area (Å²) < 4.78 is 6.23. The van der Waals surface area contributed by atoms with Crippen molar-refractivity contribution in [2.45, 2.75) is 29.9 Å². The summed E-state index contributed by atoms with van der Waals surface area (Å²) in [7, 11) is 2.07. The van der Waals surface area contributed by atoms with Crippen molar-refractivity contribution in [1.29, 1.82) is 0 Å². The predicted octanol–water partition coefficient (Wildman–Crippen LogP) is 2.13. The van der Waals surface area contributed by atoms with Gasteiger partial charge in [-0.15, -0.1) is 11.8 Å². The van der Waals surface area contributed by atoms with Crippen LogP contribution in [0.1, 0.15) is 12.8 Å². The second-order valence-corrected chi connectivity index (χ2v) is 6.38. The lowest BCUT2D eigenvalue weighted by atomic mass is 9.87. The highest BCUT2D eigenvalue weighted by Crippen LogP contribution is 2.37. The van der Waals surface area contributed by atoms with Crippen LogP contribution in [-0.4, -0.2) is 38.0 Å². The van der Waals surface area contributed by atoms with Crippen molar-refractivity contribution < 1.29 is 4.74 Å². The Balaban J connectivity index is 1.71. The molecule has 2 aliphatic heterocycles. The summed E-state index contributed by atoms with van der Waals surface area (Å²) in [5.41, 5.74) is 0. The summed E-state index contributed by atoms with van der Waals surface area (Å²) in [5, 5.41) is 6.94. The minimum Gasteiger partial charge on any atom is -0.487 e. The molecule has 1 aromatic carbocycles. The topological polar surface area (TPSA) is 33.3 Å². The van der Waals surface area contributed by atoms with E-state index >= 15 is 0 Å². The van der Waals surface area contributed by atoms with Gasteiger partial charge in [0.25, 0.3) is 0 Å². The van der Waals surface area contributed by atoms with Crippen molar-refractivity contribution in [3.63, 3.8) is 0 Å². The van der Waals surface area contributed by atoms with Gasteiger partial charge in [-0.3, -0.25) is 0 Å². The van der Waals surface area contributed by atoms with Gasteiger partial charge in [-0.05, 0) is 51.0 Å². The Morgan fingerprint density at radius 3 is 2.89 bits per heavy atom. The first-order valence-corrected chi connectivity index (χ1v) is 8.13. The van der Waals surface area contributed by atoms with Gasteiger partial charge in [-0.25, -0.2) is 0 Å². The van der Waals surface area contributed by atoms with Crippen molar-refractivity contribution >= 4 is 11.8 Å². The fourth-order valence-corrected chi connectivity index (χ4v) is 4.19. The van der Waals surface area contributed by atoms with E-state index in [1.807, 2.05) is 11.8 Å². The third kappa shape index (κ3) is 2.91. The first-order chi connectivity index (χ1) is 9.38. The first-order valence-electron chi connectivity index (χ1n) is 7.15. The highest BCUT2D eigenvalue weighted by molar-refractivity contribution is 7.99. The Morgan fingerprint density at radius 2 is 2.11 bits per heavy atom. The molecule has 19 heavy (non-hydrogen) atoms. The molecule has 104 valence electrons. The Morgan fingerprint density at radius 1 is 1.32 bits per heavy atom. The van der Waals surface area contributed by atoms with Crippen molar-refractivity contribution in [2.75, 3.05) is 25.9 Å². The number of likely N-dealkylation sites (N-methyl/N-ethyl adjacent to an activating group) is 1. The fourth-order valence-electron chi connectivity index (χ4n) is 3.14. The van der Waals surface area contributed by atoms with Crippen LogP contribution in [0.25, 0.3) is 0 Å². The number of ether oxygens (including phenoxy) is 1. The maximum Gasteiger partial charge on any atom is 0.133 e. The van der Waals surface area contributed by atoms with Crippen LogP contribution in [0, 0.1) is 5.92 Å². The number of thioether (sulfide) groups is 1. The molecule has 1 fully saturated rings. The molecule has 0 bridgehead atoms. The van der Waals surface area contributed by atoms with Gasteiger partial charge < -0.3 is 15.4 Å². The summed E-state index contributed by atoms with van der Waals surface area (Å²) in [6.07, 6.45) is 2.78. The van der Waals surface area contributed by atoms with E-state index in [9.17, 15) is 0 Å². The van der Waals surface area contributed by atoms with Crippen molar-refractivity contribution in [2.24, 2.45) is 5.92 Å². The molecular weight excluding hydrogens is 256 g/mol. The van der Waals surface area contributed by atoms with Crippen LogP contribution >= 0.6 is 11.8 Å². The Labute approximate surface area is 119 Å².